The van der Waals surface area contributed by atoms with E-state index in [2.05, 4.69) is 4.72 Å². The molecule has 0 saturated carbocycles. The van der Waals surface area contributed by atoms with E-state index in [-0.39, 0.29) is 11.3 Å². The Morgan fingerprint density at radius 2 is 2.06 bits per heavy atom. The van der Waals surface area contributed by atoms with Crippen molar-refractivity contribution in [1.29, 1.82) is 5.26 Å². The molecule has 0 bridgehead atoms. The Kier molecular flexibility index (Phi) is 4.33. The summed E-state index contributed by atoms with van der Waals surface area (Å²) in [7, 11) is -0.675. The lowest BCUT2D eigenvalue weighted by Gasteiger charge is -2.16. The Morgan fingerprint density at radius 1 is 1.44 bits per heavy atom. The Labute approximate surface area is 107 Å². The molecule has 1 aromatic rings. The number of nitrogens with zero attached hydrogens (tertiary/aromatic N) is 1. The third-order valence-corrected chi connectivity index (χ3v) is 4.51. The number of methoxy groups -OCH3 is 1. The molecule has 98 valence electrons. The molecule has 0 atom stereocenters. The van der Waals surface area contributed by atoms with Crippen molar-refractivity contribution in [3.63, 3.8) is 0 Å². The van der Waals surface area contributed by atoms with Gasteiger partial charge in [-0.15, -0.1) is 0 Å². The molecule has 1 rings (SSSR count). The molecule has 1 N–H and O–H groups in total. The molecule has 5 nitrogen and oxygen atoms in total. The van der Waals surface area contributed by atoms with E-state index in [0.717, 1.165) is 0 Å². The molecule has 0 aliphatic rings. The molecule has 1 aromatic carbocycles. The van der Waals surface area contributed by atoms with E-state index >= 15 is 0 Å². The highest BCUT2D eigenvalue weighted by Crippen LogP contribution is 2.31. The summed E-state index contributed by atoms with van der Waals surface area (Å²) in [4.78, 5) is 0.219. The predicted molar refractivity (Wildman–Crippen MR) is 68.0 cm³/mol. The molecular weight excluding hydrogens is 252 g/mol. The topological polar surface area (TPSA) is 79.2 Å². The van der Waals surface area contributed by atoms with Crippen molar-refractivity contribution >= 4 is 10.0 Å². The van der Waals surface area contributed by atoms with Gasteiger partial charge in [0.15, 0.2) is 0 Å². The summed E-state index contributed by atoms with van der Waals surface area (Å²) in [6, 6.07) is 3.66. The highest BCUT2D eigenvalue weighted by atomic mass is 32.2. The number of hydrogen-bond acceptors (Lipinski definition) is 4. The smallest absolute Gasteiger partial charge is 0.240 e. The third kappa shape index (κ3) is 2.47. The summed E-state index contributed by atoms with van der Waals surface area (Å²) >= 11 is 0. The quantitative estimate of drug-likeness (QED) is 0.892. The second kappa shape index (κ2) is 5.38. The maximum atomic E-state index is 12.0. The average Bonchev–Trinajstić information content (AvgIpc) is 2.32. The maximum Gasteiger partial charge on any atom is 0.240 e. The summed E-state index contributed by atoms with van der Waals surface area (Å²) in [6.45, 7) is 3.39. The van der Waals surface area contributed by atoms with Crippen molar-refractivity contribution in [2.24, 2.45) is 0 Å². The standard InChI is InChI=1S/C12H16N2O3S/c1-8-7-11(17-4)10(5-6-13)9(2)12(8)18(15,16)14-3/h7,14H,5H2,1-4H3. The van der Waals surface area contributed by atoms with Gasteiger partial charge in [0.2, 0.25) is 10.0 Å². The Balaban J connectivity index is 3.67. The summed E-state index contributed by atoms with van der Waals surface area (Å²) in [6.07, 6.45) is 0.113. The number of benzene rings is 1. The van der Waals surface area contributed by atoms with E-state index in [0.29, 0.717) is 22.4 Å². The molecule has 0 radical (unpaired) electrons. The van der Waals surface area contributed by atoms with Gasteiger partial charge in [0.25, 0.3) is 0 Å². The maximum absolute atomic E-state index is 12.0. The monoisotopic (exact) mass is 268 g/mol. The van der Waals surface area contributed by atoms with E-state index < -0.39 is 10.0 Å². The SMILES string of the molecule is CNS(=O)(=O)c1c(C)cc(OC)c(CC#N)c1C. The van der Waals surface area contributed by atoms with Gasteiger partial charge in [-0.2, -0.15) is 5.26 Å². The lowest BCUT2D eigenvalue weighted by atomic mass is 10.0. The molecule has 0 saturated heterocycles. The van der Waals surface area contributed by atoms with Crippen molar-refractivity contribution in [3.05, 3.63) is 22.8 Å². The van der Waals surface area contributed by atoms with Crippen LogP contribution >= 0.6 is 0 Å². The first-order valence-corrected chi connectivity index (χ1v) is 6.85. The molecule has 0 spiro atoms. The Bertz CT molecular complexity index is 601. The van der Waals surface area contributed by atoms with Gasteiger partial charge in [0.1, 0.15) is 5.75 Å². The molecule has 0 aliphatic carbocycles. The van der Waals surface area contributed by atoms with Crippen LogP contribution in [0.2, 0.25) is 0 Å². The molecule has 18 heavy (non-hydrogen) atoms. The van der Waals surface area contributed by atoms with Crippen molar-refractivity contribution in [2.45, 2.75) is 25.2 Å². The number of aryl methyl sites for hydroxylation is 1. The van der Waals surface area contributed by atoms with E-state index in [4.69, 9.17) is 10.00 Å². The average molecular weight is 268 g/mol. The van der Waals surface area contributed by atoms with Gasteiger partial charge in [-0.1, -0.05) is 0 Å². The van der Waals surface area contributed by atoms with Crippen molar-refractivity contribution in [3.8, 4) is 11.8 Å². The molecule has 0 fully saturated rings. The van der Waals surface area contributed by atoms with E-state index in [9.17, 15) is 8.42 Å². The van der Waals surface area contributed by atoms with E-state index in [1.54, 1.807) is 19.9 Å². The molecular formula is C12H16N2O3S. The number of ether oxygens (including phenoxy) is 1. The predicted octanol–water partition coefficient (Wildman–Crippen LogP) is 1.29. The number of sulfonamides is 1. The van der Waals surface area contributed by atoms with Crippen molar-refractivity contribution in [1.82, 2.24) is 4.72 Å². The molecule has 0 aromatic heterocycles. The first kappa shape index (κ1) is 14.5. The van der Waals surface area contributed by atoms with Gasteiger partial charge >= 0.3 is 0 Å². The van der Waals surface area contributed by atoms with Crippen LogP contribution in [-0.2, 0) is 16.4 Å². The van der Waals surface area contributed by atoms with E-state index in [1.807, 2.05) is 6.07 Å². The Hall–Kier alpha value is -1.58. The summed E-state index contributed by atoms with van der Waals surface area (Å²) in [5, 5.41) is 8.81. The molecule has 6 heteroatoms. The second-order valence-corrected chi connectivity index (χ2v) is 5.69. The number of rotatable bonds is 4. The minimum atomic E-state index is -3.54. The fourth-order valence-electron chi connectivity index (χ4n) is 1.96. The minimum Gasteiger partial charge on any atom is -0.496 e. The van der Waals surface area contributed by atoms with Gasteiger partial charge < -0.3 is 4.74 Å². The summed E-state index contributed by atoms with van der Waals surface area (Å²) in [5.41, 5.74) is 1.77. The zero-order valence-corrected chi connectivity index (χ0v) is 11.7. The molecule has 0 aliphatic heterocycles. The van der Waals surface area contributed by atoms with E-state index in [1.165, 1.54) is 14.2 Å². The molecule has 0 amide bonds. The Morgan fingerprint density at radius 3 is 2.50 bits per heavy atom. The largest absolute Gasteiger partial charge is 0.496 e. The highest BCUT2D eigenvalue weighted by molar-refractivity contribution is 7.89. The number of nitriles is 1. The van der Waals surface area contributed by atoms with Crippen LogP contribution in [0.15, 0.2) is 11.0 Å². The normalized spacial score (nSPS) is 11.1. The van der Waals surface area contributed by atoms with Crippen LogP contribution in [0, 0.1) is 25.2 Å². The van der Waals surface area contributed by atoms with Gasteiger partial charge in [0, 0.05) is 5.56 Å². The highest BCUT2D eigenvalue weighted by Gasteiger charge is 2.22. The number of hydrogen-bond donors (Lipinski definition) is 1. The van der Waals surface area contributed by atoms with Gasteiger partial charge in [-0.05, 0) is 38.1 Å². The minimum absolute atomic E-state index is 0.113. The van der Waals surface area contributed by atoms with Crippen LogP contribution in [0.5, 0.6) is 5.75 Å². The zero-order chi connectivity index (χ0) is 13.9. The van der Waals surface area contributed by atoms with Crippen LogP contribution in [0.3, 0.4) is 0 Å². The third-order valence-electron chi connectivity index (χ3n) is 2.81. The first-order valence-electron chi connectivity index (χ1n) is 5.36. The van der Waals surface area contributed by atoms with Crippen LogP contribution in [0.1, 0.15) is 16.7 Å². The molecule has 0 unspecified atom stereocenters. The second-order valence-electron chi connectivity index (χ2n) is 3.87. The van der Waals surface area contributed by atoms with Crippen LogP contribution < -0.4 is 9.46 Å². The summed E-state index contributed by atoms with van der Waals surface area (Å²) < 4.78 is 31.4. The summed E-state index contributed by atoms with van der Waals surface area (Å²) in [5.74, 6) is 0.543. The fraction of sp³-hybridized carbons (Fsp3) is 0.417. The van der Waals surface area contributed by atoms with Gasteiger partial charge in [0.05, 0.1) is 24.5 Å². The number of nitrogens with one attached hydrogen (secondary N) is 1. The lowest BCUT2D eigenvalue weighted by molar-refractivity contribution is 0.409. The zero-order valence-electron chi connectivity index (χ0n) is 10.9. The fourth-order valence-corrected chi connectivity index (χ4v) is 3.18. The van der Waals surface area contributed by atoms with Crippen molar-refractivity contribution < 1.29 is 13.2 Å². The first-order chi connectivity index (χ1) is 8.38. The van der Waals surface area contributed by atoms with Crippen LogP contribution in [-0.4, -0.2) is 22.6 Å². The van der Waals surface area contributed by atoms with Crippen molar-refractivity contribution in [2.75, 3.05) is 14.2 Å². The van der Waals surface area contributed by atoms with Gasteiger partial charge in [-0.3, -0.25) is 0 Å². The van der Waals surface area contributed by atoms with Gasteiger partial charge in [-0.25, -0.2) is 13.1 Å². The lowest BCUT2D eigenvalue weighted by Crippen LogP contribution is -2.21. The van der Waals surface area contributed by atoms with Crippen LogP contribution in [0.4, 0.5) is 0 Å². The molecule has 0 heterocycles. The van der Waals surface area contributed by atoms with Crippen LogP contribution in [0.25, 0.3) is 0 Å².